The average molecular weight is 743 g/mol. The summed E-state index contributed by atoms with van der Waals surface area (Å²) in [5.74, 6) is 1.21. The molecule has 2 aromatic rings. The van der Waals surface area contributed by atoms with Crippen LogP contribution in [0.25, 0.3) is 0 Å². The predicted octanol–water partition coefficient (Wildman–Crippen LogP) is 6.65. The van der Waals surface area contributed by atoms with Crippen LogP contribution >= 0.6 is 11.6 Å². The number of methoxy groups -OCH3 is 1. The number of ether oxygens (including phenoxy) is 2. The van der Waals surface area contributed by atoms with E-state index in [9.17, 15) is 13.4 Å². The first-order chi connectivity index (χ1) is 24.6. The van der Waals surface area contributed by atoms with Gasteiger partial charge < -0.3 is 14.4 Å². The van der Waals surface area contributed by atoms with Crippen molar-refractivity contribution in [2.75, 3.05) is 77.6 Å². The average Bonchev–Trinajstić information content (AvgIpc) is 3.29. The van der Waals surface area contributed by atoms with E-state index in [0.29, 0.717) is 24.6 Å². The molecule has 8 nitrogen and oxygen atoms in total. The number of alkyl halides is 1. The van der Waals surface area contributed by atoms with Crippen LogP contribution in [0.4, 0.5) is 10.1 Å². The zero-order valence-corrected chi connectivity index (χ0v) is 32.3. The number of rotatable bonds is 8. The molecule has 1 amide bonds. The maximum atomic E-state index is 13.5. The first kappa shape index (κ1) is 38.2. The summed E-state index contributed by atoms with van der Waals surface area (Å²) < 4.78 is 42.6. The van der Waals surface area contributed by atoms with E-state index in [1.807, 2.05) is 32.2 Å². The van der Waals surface area contributed by atoms with Gasteiger partial charge in [0, 0.05) is 76.0 Å². The zero-order valence-electron chi connectivity index (χ0n) is 30.8. The van der Waals surface area contributed by atoms with Crippen molar-refractivity contribution in [3.8, 4) is 5.75 Å². The number of nitrogens with zero attached hydrogens (tertiary/aromatic N) is 3. The Labute approximate surface area is 311 Å². The minimum atomic E-state index is -1.56. The van der Waals surface area contributed by atoms with Gasteiger partial charge in [-0.3, -0.25) is 19.3 Å². The van der Waals surface area contributed by atoms with Crippen LogP contribution in [0.1, 0.15) is 73.9 Å². The van der Waals surface area contributed by atoms with Gasteiger partial charge in [-0.05, 0) is 91.8 Å². The lowest BCUT2D eigenvalue weighted by molar-refractivity contribution is -0.0954. The largest absolute Gasteiger partial charge is 0.491 e. The van der Waals surface area contributed by atoms with Gasteiger partial charge >= 0.3 is 0 Å². The molecular weight excluding hydrogens is 687 g/mol. The highest BCUT2D eigenvalue weighted by Gasteiger charge is 2.48. The molecule has 2 bridgehead atoms. The topological polar surface area (TPSA) is 74.3 Å². The van der Waals surface area contributed by atoms with E-state index in [1.165, 1.54) is 11.1 Å². The van der Waals surface area contributed by atoms with Gasteiger partial charge in [0.15, 0.2) is 0 Å². The van der Waals surface area contributed by atoms with E-state index in [2.05, 4.69) is 57.6 Å². The summed E-state index contributed by atoms with van der Waals surface area (Å²) in [6.45, 7) is 12.7. The number of nitrogens with one attached hydrogen (secondary N) is 1. The lowest BCUT2D eigenvalue weighted by Crippen LogP contribution is -2.58. The first-order valence-electron chi connectivity index (χ1n) is 18.9. The van der Waals surface area contributed by atoms with Crippen molar-refractivity contribution in [3.63, 3.8) is 0 Å². The standard InChI is InChI=1S/C40H56ClFN4O4S/c1-5-7-30-22-34(41)11-12-35(30)33-25-46-24-32-9-13-36(32)40(49-4,27-45-20-18-44(17-16-42)19-21-45)15-6-8-28(2)29(3)51(48)43-39(47)31-10-14-38(50-26-33)37(46)23-31/h6,10-12,14-15,22-23,28-29,32-33,36H,5,7-9,13,16-21,24-27H2,1-4H3,(H,43,47)/b15-6+. The summed E-state index contributed by atoms with van der Waals surface area (Å²) in [5.41, 5.74) is 3.37. The molecule has 0 radical (unpaired) electrons. The zero-order chi connectivity index (χ0) is 36.1. The third-order valence-corrected chi connectivity index (χ3v) is 13.7. The molecule has 2 fully saturated rings. The molecule has 51 heavy (non-hydrogen) atoms. The Morgan fingerprint density at radius 3 is 2.57 bits per heavy atom. The normalized spacial score (nSPS) is 31.5. The van der Waals surface area contributed by atoms with Gasteiger partial charge in [-0.1, -0.05) is 50.1 Å². The smallest absolute Gasteiger partial charge is 0.263 e. The summed E-state index contributed by atoms with van der Waals surface area (Å²) in [6, 6.07) is 11.8. The van der Waals surface area contributed by atoms with Gasteiger partial charge in [0.1, 0.15) is 29.0 Å². The van der Waals surface area contributed by atoms with Crippen molar-refractivity contribution in [2.24, 2.45) is 17.8 Å². The molecule has 6 rings (SSSR count). The highest BCUT2D eigenvalue weighted by atomic mass is 35.5. The van der Waals surface area contributed by atoms with Crippen LogP contribution in [-0.4, -0.2) is 104 Å². The predicted molar refractivity (Wildman–Crippen MR) is 205 cm³/mol. The van der Waals surface area contributed by atoms with Crippen molar-refractivity contribution < 1.29 is 22.9 Å². The lowest BCUT2D eigenvalue weighted by Gasteiger charge is -2.52. The van der Waals surface area contributed by atoms with Crippen LogP contribution in [0.5, 0.6) is 5.75 Å². The van der Waals surface area contributed by atoms with Crippen molar-refractivity contribution in [2.45, 2.75) is 69.6 Å². The number of piperazine rings is 1. The number of aryl methyl sites for hydroxylation is 1. The molecule has 0 spiro atoms. The van der Waals surface area contributed by atoms with Gasteiger partial charge in [-0.2, -0.15) is 0 Å². The maximum Gasteiger partial charge on any atom is 0.263 e. The van der Waals surface area contributed by atoms with Crippen molar-refractivity contribution in [3.05, 3.63) is 70.3 Å². The third-order valence-electron chi connectivity index (χ3n) is 12.0. The van der Waals surface area contributed by atoms with E-state index >= 15 is 0 Å². The number of hydrogen-bond acceptors (Lipinski definition) is 7. The second kappa shape index (κ2) is 17.1. The minimum absolute atomic E-state index is 0.0737. The molecule has 7 unspecified atom stereocenters. The Bertz CT molecular complexity index is 1570. The number of anilines is 1. The molecule has 0 aromatic heterocycles. The number of carbonyl (C=O) groups excluding carboxylic acids is 1. The van der Waals surface area contributed by atoms with Crippen molar-refractivity contribution in [1.82, 2.24) is 14.5 Å². The van der Waals surface area contributed by atoms with E-state index in [0.717, 1.165) is 94.4 Å². The molecule has 2 aromatic carbocycles. The molecule has 1 saturated carbocycles. The van der Waals surface area contributed by atoms with Crippen molar-refractivity contribution in [1.29, 1.82) is 0 Å². The molecule has 280 valence electrons. The number of benzene rings is 2. The summed E-state index contributed by atoms with van der Waals surface area (Å²) in [7, 11) is 0.285. The Morgan fingerprint density at radius 2 is 1.86 bits per heavy atom. The molecule has 7 atom stereocenters. The third kappa shape index (κ3) is 8.67. The SMILES string of the molecule is CCCc1cc(Cl)ccc1C1COc2ccc3cc2N(C1)CC1CCC1C(CN1CCN(CCF)CC1)(OC)/C=C/CC(C)C(C)S(=O)NC3=O. The lowest BCUT2D eigenvalue weighted by atomic mass is 9.63. The van der Waals surface area contributed by atoms with Crippen LogP contribution < -0.4 is 14.4 Å². The number of halogens is 2. The maximum absolute atomic E-state index is 13.5. The van der Waals surface area contributed by atoms with Crippen LogP contribution in [0, 0.1) is 17.8 Å². The fourth-order valence-corrected chi connectivity index (χ4v) is 9.73. The minimum Gasteiger partial charge on any atom is -0.491 e. The van der Waals surface area contributed by atoms with E-state index < -0.39 is 16.6 Å². The Hall–Kier alpha value is -2.50. The van der Waals surface area contributed by atoms with Gasteiger partial charge in [-0.25, -0.2) is 8.60 Å². The Kier molecular flexibility index (Phi) is 12.8. The molecule has 4 aliphatic rings. The summed E-state index contributed by atoms with van der Waals surface area (Å²) in [4.78, 5) is 20.7. The van der Waals surface area contributed by atoms with Crippen LogP contribution in [0.3, 0.4) is 0 Å². The summed E-state index contributed by atoms with van der Waals surface area (Å²) in [6.07, 6.45) is 9.33. The highest BCUT2D eigenvalue weighted by molar-refractivity contribution is 7.84. The number of fused-ring (bicyclic) bond motifs is 2. The monoisotopic (exact) mass is 742 g/mol. The molecule has 3 aliphatic heterocycles. The van der Waals surface area contributed by atoms with E-state index in [1.54, 1.807) is 6.07 Å². The molecule has 1 saturated heterocycles. The van der Waals surface area contributed by atoms with Gasteiger partial charge in [0.25, 0.3) is 5.91 Å². The number of amides is 1. The molecular formula is C40H56ClFN4O4S. The summed E-state index contributed by atoms with van der Waals surface area (Å²) >= 11 is 6.48. The second-order valence-corrected chi connectivity index (χ2v) is 17.1. The van der Waals surface area contributed by atoms with Crippen molar-refractivity contribution >= 4 is 34.2 Å². The summed E-state index contributed by atoms with van der Waals surface area (Å²) in [5, 5.41) is 0.494. The van der Waals surface area contributed by atoms with Gasteiger partial charge in [-0.15, -0.1) is 0 Å². The second-order valence-electron chi connectivity index (χ2n) is 15.1. The van der Waals surface area contributed by atoms with Gasteiger partial charge in [0.2, 0.25) is 0 Å². The fraction of sp³-hybridized carbons (Fsp3) is 0.625. The van der Waals surface area contributed by atoms with Gasteiger partial charge in [0.05, 0.1) is 17.5 Å². The molecule has 11 heteroatoms. The molecule has 3 heterocycles. The first-order valence-corrected chi connectivity index (χ1v) is 20.5. The van der Waals surface area contributed by atoms with E-state index in [4.69, 9.17) is 21.1 Å². The quantitative estimate of drug-likeness (QED) is 0.304. The number of hydrogen-bond donors (Lipinski definition) is 1. The van der Waals surface area contributed by atoms with Crippen LogP contribution in [-0.2, 0) is 22.1 Å². The highest BCUT2D eigenvalue weighted by Crippen LogP contribution is 2.47. The molecule has 1 N–H and O–H groups in total. The number of allylic oxidation sites excluding steroid dienone is 1. The van der Waals surface area contributed by atoms with Crippen LogP contribution in [0.15, 0.2) is 48.6 Å². The van der Waals surface area contributed by atoms with E-state index in [-0.39, 0.29) is 35.6 Å². The Balaban J connectivity index is 1.37. The fourth-order valence-electron chi connectivity index (χ4n) is 8.51. The molecule has 1 aliphatic carbocycles. The number of carbonyl (C=O) groups is 1. The van der Waals surface area contributed by atoms with Crippen LogP contribution in [0.2, 0.25) is 5.02 Å². The Morgan fingerprint density at radius 1 is 1.08 bits per heavy atom.